The zero-order valence-corrected chi connectivity index (χ0v) is 22.9. The Morgan fingerprint density at radius 2 is 2.00 bits per heavy atom. The number of para-hydroxylation sites is 1. The van der Waals surface area contributed by atoms with Crippen molar-refractivity contribution in [1.82, 2.24) is 29.7 Å². The summed E-state index contributed by atoms with van der Waals surface area (Å²) in [5.41, 5.74) is 11.5. The molecule has 0 aliphatic carbocycles. The van der Waals surface area contributed by atoms with Gasteiger partial charge in [0, 0.05) is 36.0 Å². The van der Waals surface area contributed by atoms with Crippen LogP contribution in [0.1, 0.15) is 32.3 Å². The fourth-order valence-corrected chi connectivity index (χ4v) is 6.49. The van der Waals surface area contributed by atoms with Gasteiger partial charge in [0.05, 0.1) is 27.7 Å². The summed E-state index contributed by atoms with van der Waals surface area (Å²) in [5.74, 6) is 1.21. The summed E-state index contributed by atoms with van der Waals surface area (Å²) in [7, 11) is 0. The highest BCUT2D eigenvalue weighted by Gasteiger charge is 2.26. The van der Waals surface area contributed by atoms with Crippen LogP contribution in [-0.2, 0) is 11.3 Å². The Morgan fingerprint density at radius 1 is 1.12 bits per heavy atom. The number of thiazole rings is 1. The number of nitrogens with one attached hydrogen (secondary N) is 1. The standard InChI is InChI=1S/C29H27N9OS/c1-16-6-5-11-37(16)27-20(12-18-7-3-4-8-21(18)34-27)14-38-28-24(26(30)31-15-32-28)25(36-38)19-9-10-22-23(13-19)40-29(35-22)33-17(2)39/h3-4,7-10,12-13,15-16H,5-6,11,14H2,1-2H3,(H2,30,31,32)(H,33,35,39). The highest BCUT2D eigenvalue weighted by atomic mass is 32.1. The van der Waals surface area contributed by atoms with Gasteiger partial charge in [-0.2, -0.15) is 5.10 Å². The number of nitrogens with zero attached hydrogens (tertiary/aromatic N) is 7. The predicted molar refractivity (Wildman–Crippen MR) is 160 cm³/mol. The summed E-state index contributed by atoms with van der Waals surface area (Å²) in [4.78, 5) is 32.4. The van der Waals surface area contributed by atoms with E-state index in [9.17, 15) is 4.79 Å². The van der Waals surface area contributed by atoms with Crippen molar-refractivity contribution >= 4 is 66.2 Å². The number of amides is 1. The van der Waals surface area contributed by atoms with Gasteiger partial charge in [0.15, 0.2) is 10.8 Å². The molecule has 1 atom stereocenters. The Hall–Kier alpha value is -4.64. The van der Waals surface area contributed by atoms with E-state index in [1.807, 2.05) is 35.0 Å². The number of carbonyl (C=O) groups excluding carboxylic acids is 1. The van der Waals surface area contributed by atoms with E-state index in [4.69, 9.17) is 15.8 Å². The highest BCUT2D eigenvalue weighted by molar-refractivity contribution is 7.22. The van der Waals surface area contributed by atoms with E-state index < -0.39 is 0 Å². The Balaban J connectivity index is 1.36. The third-order valence-corrected chi connectivity index (χ3v) is 8.36. The van der Waals surface area contributed by atoms with Gasteiger partial charge in [0.25, 0.3) is 0 Å². The van der Waals surface area contributed by atoms with Crippen molar-refractivity contribution in [1.29, 1.82) is 0 Å². The molecule has 0 spiro atoms. The number of nitrogen functional groups attached to an aromatic ring is 1. The number of nitrogens with two attached hydrogens (primary N) is 1. The average Bonchev–Trinajstić information content (AvgIpc) is 3.64. The van der Waals surface area contributed by atoms with Crippen LogP contribution in [0.3, 0.4) is 0 Å². The van der Waals surface area contributed by atoms with Crippen molar-refractivity contribution in [3.8, 4) is 11.3 Å². The van der Waals surface area contributed by atoms with E-state index in [2.05, 4.69) is 50.3 Å². The topological polar surface area (TPSA) is 128 Å². The van der Waals surface area contributed by atoms with Crippen LogP contribution in [0.5, 0.6) is 0 Å². The maximum Gasteiger partial charge on any atom is 0.223 e. The predicted octanol–water partition coefficient (Wildman–Crippen LogP) is 5.23. The Kier molecular flexibility index (Phi) is 5.81. The van der Waals surface area contributed by atoms with Gasteiger partial charge in [-0.25, -0.2) is 24.6 Å². The molecule has 1 saturated heterocycles. The zero-order chi connectivity index (χ0) is 27.4. The summed E-state index contributed by atoms with van der Waals surface area (Å²) in [5, 5.41) is 10.2. The first-order valence-electron chi connectivity index (χ1n) is 13.3. The molecule has 1 unspecified atom stereocenters. The lowest BCUT2D eigenvalue weighted by molar-refractivity contribution is -0.114. The smallest absolute Gasteiger partial charge is 0.223 e. The van der Waals surface area contributed by atoms with Gasteiger partial charge >= 0.3 is 0 Å². The molecular weight excluding hydrogens is 522 g/mol. The van der Waals surface area contributed by atoms with Crippen LogP contribution in [0.4, 0.5) is 16.8 Å². The van der Waals surface area contributed by atoms with Crippen LogP contribution in [0.25, 0.3) is 43.4 Å². The monoisotopic (exact) mass is 549 g/mol. The Labute approximate surface area is 233 Å². The van der Waals surface area contributed by atoms with Gasteiger partial charge in [-0.3, -0.25) is 4.79 Å². The minimum Gasteiger partial charge on any atom is -0.383 e. The molecule has 7 rings (SSSR count). The van der Waals surface area contributed by atoms with E-state index in [0.29, 0.717) is 40.3 Å². The molecule has 11 heteroatoms. The maximum absolute atomic E-state index is 11.5. The molecule has 5 heterocycles. The summed E-state index contributed by atoms with van der Waals surface area (Å²) in [6, 6.07) is 16.8. The second-order valence-electron chi connectivity index (χ2n) is 10.2. The molecule has 0 saturated carbocycles. The largest absolute Gasteiger partial charge is 0.383 e. The Morgan fingerprint density at radius 3 is 2.83 bits per heavy atom. The molecule has 0 bridgehead atoms. The van der Waals surface area contributed by atoms with E-state index in [1.54, 1.807) is 0 Å². The third-order valence-electron chi connectivity index (χ3n) is 7.43. The van der Waals surface area contributed by atoms with Crippen LogP contribution in [-0.4, -0.2) is 48.2 Å². The number of aromatic nitrogens is 6. The van der Waals surface area contributed by atoms with Crippen molar-refractivity contribution in [2.75, 3.05) is 22.5 Å². The summed E-state index contributed by atoms with van der Waals surface area (Å²) >= 11 is 1.42. The first kappa shape index (κ1) is 24.4. The summed E-state index contributed by atoms with van der Waals surface area (Å²) in [6.07, 6.45) is 3.78. The fourth-order valence-electron chi connectivity index (χ4n) is 5.54. The van der Waals surface area contributed by atoms with Gasteiger partial charge < -0.3 is 16.0 Å². The summed E-state index contributed by atoms with van der Waals surface area (Å²) < 4.78 is 2.83. The SMILES string of the molecule is CC(=O)Nc1nc2ccc(-c3nn(Cc4cc5ccccc5nc4N4CCCC4C)c4ncnc(N)c34)cc2s1. The number of rotatable bonds is 5. The third kappa shape index (κ3) is 4.19. The average molecular weight is 550 g/mol. The molecule has 4 aromatic heterocycles. The molecule has 40 heavy (non-hydrogen) atoms. The second-order valence-corrected chi connectivity index (χ2v) is 11.2. The van der Waals surface area contributed by atoms with Crippen molar-refractivity contribution in [2.24, 2.45) is 0 Å². The Bertz CT molecular complexity index is 1930. The van der Waals surface area contributed by atoms with Crippen molar-refractivity contribution in [2.45, 2.75) is 39.3 Å². The minimum absolute atomic E-state index is 0.153. The van der Waals surface area contributed by atoms with E-state index in [1.165, 1.54) is 24.6 Å². The molecule has 1 aliphatic heterocycles. The first-order valence-corrected chi connectivity index (χ1v) is 14.1. The zero-order valence-electron chi connectivity index (χ0n) is 22.1. The van der Waals surface area contributed by atoms with Crippen molar-refractivity contribution < 1.29 is 4.79 Å². The van der Waals surface area contributed by atoms with E-state index in [0.717, 1.165) is 57.5 Å². The van der Waals surface area contributed by atoms with Crippen LogP contribution < -0.4 is 16.0 Å². The lowest BCUT2D eigenvalue weighted by Crippen LogP contribution is -2.28. The molecular formula is C29H27N9OS. The summed E-state index contributed by atoms with van der Waals surface area (Å²) in [6.45, 7) is 5.20. The van der Waals surface area contributed by atoms with Gasteiger partial charge in [0.2, 0.25) is 5.91 Å². The molecule has 1 aliphatic rings. The number of anilines is 3. The maximum atomic E-state index is 11.5. The van der Waals surface area contributed by atoms with E-state index in [-0.39, 0.29) is 5.91 Å². The molecule has 2 aromatic carbocycles. The minimum atomic E-state index is -0.153. The second kappa shape index (κ2) is 9.53. The quantitative estimate of drug-likeness (QED) is 0.299. The molecule has 10 nitrogen and oxygen atoms in total. The number of pyridine rings is 1. The molecule has 1 fully saturated rings. The molecule has 3 N–H and O–H groups in total. The number of hydrogen-bond donors (Lipinski definition) is 2. The molecule has 1 amide bonds. The lowest BCUT2D eigenvalue weighted by atomic mass is 10.1. The highest BCUT2D eigenvalue weighted by Crippen LogP contribution is 2.36. The normalized spacial score (nSPS) is 15.4. The van der Waals surface area contributed by atoms with Crippen molar-refractivity contribution in [3.63, 3.8) is 0 Å². The molecule has 0 radical (unpaired) electrons. The number of fused-ring (bicyclic) bond motifs is 3. The van der Waals surface area contributed by atoms with Crippen LogP contribution in [0.2, 0.25) is 0 Å². The number of benzene rings is 2. The molecule has 200 valence electrons. The van der Waals surface area contributed by atoms with Crippen LogP contribution in [0.15, 0.2) is 54.9 Å². The lowest BCUT2D eigenvalue weighted by Gasteiger charge is -2.25. The van der Waals surface area contributed by atoms with Gasteiger partial charge in [-0.05, 0) is 44.0 Å². The van der Waals surface area contributed by atoms with Crippen LogP contribution in [0, 0.1) is 0 Å². The van der Waals surface area contributed by atoms with E-state index >= 15 is 0 Å². The first-order chi connectivity index (χ1) is 19.4. The van der Waals surface area contributed by atoms with Gasteiger partial charge in [-0.15, -0.1) is 0 Å². The van der Waals surface area contributed by atoms with Crippen molar-refractivity contribution in [3.05, 3.63) is 60.4 Å². The number of carbonyl (C=O) groups is 1. The van der Waals surface area contributed by atoms with Gasteiger partial charge in [0.1, 0.15) is 23.7 Å². The fraction of sp³-hybridized carbons (Fsp3) is 0.241. The van der Waals surface area contributed by atoms with Gasteiger partial charge in [-0.1, -0.05) is 35.6 Å². The number of hydrogen-bond acceptors (Lipinski definition) is 9. The van der Waals surface area contributed by atoms with Crippen LogP contribution >= 0.6 is 11.3 Å². The molecule has 6 aromatic rings.